The number of hydrogen-bond donors (Lipinski definition) is 0. The molecule has 17 heavy (non-hydrogen) atoms. The molecule has 0 unspecified atom stereocenters. The van der Waals surface area contributed by atoms with Crippen LogP contribution in [-0.2, 0) is 0 Å². The van der Waals surface area contributed by atoms with E-state index in [1.165, 1.54) is 38.5 Å². The number of nitrogens with zero attached hydrogens (tertiary/aromatic N) is 1. The van der Waals surface area contributed by atoms with E-state index in [1.54, 1.807) is 0 Å². The average Bonchev–Trinajstić information content (AvgIpc) is 2.40. The first-order chi connectivity index (χ1) is 8.33. The van der Waals surface area contributed by atoms with Gasteiger partial charge in [-0.1, -0.05) is 12.2 Å². The maximum absolute atomic E-state index is 8.92. The molecule has 2 fully saturated rings. The lowest BCUT2D eigenvalue weighted by Crippen LogP contribution is -2.25. The van der Waals surface area contributed by atoms with Gasteiger partial charge in [-0.25, -0.2) is 0 Å². The van der Waals surface area contributed by atoms with Crippen molar-refractivity contribution in [2.75, 3.05) is 0 Å². The molecule has 0 radical (unpaired) electrons. The molecule has 1 heteroatoms. The Kier molecular flexibility index (Phi) is 4.66. The van der Waals surface area contributed by atoms with Gasteiger partial charge in [0.15, 0.2) is 0 Å². The first-order valence-electron chi connectivity index (χ1n) is 7.36. The third-order valence-electron chi connectivity index (χ3n) is 4.90. The SMILES string of the molecule is CC=C[C@H]1CC[C@H]([C@H]2CC[C@H](C#N)CC2)CC1. The van der Waals surface area contributed by atoms with E-state index in [0.29, 0.717) is 5.92 Å². The van der Waals surface area contributed by atoms with Crippen molar-refractivity contribution in [3.05, 3.63) is 12.2 Å². The fraction of sp³-hybridized carbons (Fsp3) is 0.812. The number of allylic oxidation sites excluding steroid dienone is 2. The summed E-state index contributed by atoms with van der Waals surface area (Å²) in [4.78, 5) is 0. The van der Waals surface area contributed by atoms with Crippen LogP contribution in [0.3, 0.4) is 0 Å². The summed E-state index contributed by atoms with van der Waals surface area (Å²) in [7, 11) is 0. The summed E-state index contributed by atoms with van der Waals surface area (Å²) in [6.45, 7) is 2.13. The smallest absolute Gasteiger partial charge is 0.0655 e. The summed E-state index contributed by atoms with van der Waals surface area (Å²) in [5.41, 5.74) is 0. The molecule has 0 aliphatic heterocycles. The molecule has 0 atom stereocenters. The fourth-order valence-corrected chi connectivity index (χ4v) is 3.80. The van der Waals surface area contributed by atoms with E-state index >= 15 is 0 Å². The van der Waals surface area contributed by atoms with Gasteiger partial charge < -0.3 is 0 Å². The minimum Gasteiger partial charge on any atom is -0.198 e. The molecular weight excluding hydrogens is 206 g/mol. The molecule has 0 N–H and O–H groups in total. The van der Waals surface area contributed by atoms with Crippen LogP contribution in [0.4, 0.5) is 0 Å². The van der Waals surface area contributed by atoms with E-state index in [0.717, 1.165) is 30.6 Å². The highest BCUT2D eigenvalue weighted by Gasteiger charge is 2.30. The quantitative estimate of drug-likeness (QED) is 0.632. The summed E-state index contributed by atoms with van der Waals surface area (Å²) in [5.74, 6) is 3.12. The third-order valence-corrected chi connectivity index (χ3v) is 4.90. The topological polar surface area (TPSA) is 23.8 Å². The Morgan fingerprint density at radius 3 is 1.88 bits per heavy atom. The van der Waals surface area contributed by atoms with Crippen molar-refractivity contribution in [1.29, 1.82) is 5.26 Å². The zero-order chi connectivity index (χ0) is 12.1. The minimum absolute atomic E-state index is 0.366. The largest absolute Gasteiger partial charge is 0.198 e. The van der Waals surface area contributed by atoms with Gasteiger partial charge in [-0.15, -0.1) is 0 Å². The van der Waals surface area contributed by atoms with Crippen molar-refractivity contribution < 1.29 is 0 Å². The van der Waals surface area contributed by atoms with Crippen LogP contribution in [0.25, 0.3) is 0 Å². The second-order valence-corrected chi connectivity index (χ2v) is 5.94. The predicted molar refractivity (Wildman–Crippen MR) is 71.3 cm³/mol. The van der Waals surface area contributed by atoms with Crippen LogP contribution in [0.15, 0.2) is 12.2 Å². The normalized spacial score (nSPS) is 39.1. The van der Waals surface area contributed by atoms with Crippen LogP contribution in [0, 0.1) is 35.0 Å². The highest BCUT2D eigenvalue weighted by atomic mass is 14.4. The van der Waals surface area contributed by atoms with E-state index in [4.69, 9.17) is 5.26 Å². The van der Waals surface area contributed by atoms with Crippen LogP contribution in [-0.4, -0.2) is 0 Å². The Balaban J connectivity index is 1.76. The second kappa shape index (κ2) is 6.24. The van der Waals surface area contributed by atoms with Crippen molar-refractivity contribution in [2.24, 2.45) is 23.7 Å². The molecule has 0 aromatic rings. The molecule has 0 aromatic carbocycles. The average molecular weight is 231 g/mol. The predicted octanol–water partition coefficient (Wildman–Crippen LogP) is 4.70. The van der Waals surface area contributed by atoms with Crippen LogP contribution < -0.4 is 0 Å². The van der Waals surface area contributed by atoms with Gasteiger partial charge in [-0.2, -0.15) is 5.26 Å². The Morgan fingerprint density at radius 1 is 0.882 bits per heavy atom. The first-order valence-corrected chi connectivity index (χ1v) is 7.36. The highest BCUT2D eigenvalue weighted by Crippen LogP contribution is 2.41. The van der Waals surface area contributed by atoms with Crippen molar-refractivity contribution >= 4 is 0 Å². The maximum Gasteiger partial charge on any atom is 0.0655 e. The molecule has 2 aliphatic rings. The van der Waals surface area contributed by atoms with Crippen molar-refractivity contribution in [2.45, 2.75) is 58.3 Å². The zero-order valence-electron chi connectivity index (χ0n) is 11.1. The van der Waals surface area contributed by atoms with Gasteiger partial charge in [0.05, 0.1) is 6.07 Å². The molecule has 94 valence electrons. The molecule has 0 aromatic heterocycles. The van der Waals surface area contributed by atoms with Gasteiger partial charge in [0.1, 0.15) is 0 Å². The van der Waals surface area contributed by atoms with Crippen molar-refractivity contribution in [1.82, 2.24) is 0 Å². The Morgan fingerprint density at radius 2 is 1.41 bits per heavy atom. The summed E-state index contributed by atoms with van der Waals surface area (Å²) in [6.07, 6.45) is 15.2. The molecule has 0 bridgehead atoms. The Bertz CT molecular complexity index is 283. The Hall–Kier alpha value is -0.770. The van der Waals surface area contributed by atoms with Crippen molar-refractivity contribution in [3.63, 3.8) is 0 Å². The molecule has 0 amide bonds. The highest BCUT2D eigenvalue weighted by molar-refractivity contribution is 4.92. The van der Waals surface area contributed by atoms with E-state index in [-0.39, 0.29) is 0 Å². The number of hydrogen-bond acceptors (Lipinski definition) is 1. The molecule has 2 saturated carbocycles. The molecule has 0 saturated heterocycles. The lowest BCUT2D eigenvalue weighted by molar-refractivity contribution is 0.168. The van der Waals surface area contributed by atoms with Crippen LogP contribution >= 0.6 is 0 Å². The standard InChI is InChI=1S/C16H25N/c1-2-3-13-4-8-15(9-5-13)16-10-6-14(12-17)7-11-16/h2-3,13-16H,4-11H2,1H3/t13-,14-,15-,16-. The van der Waals surface area contributed by atoms with Crippen molar-refractivity contribution in [3.8, 4) is 6.07 Å². The number of rotatable bonds is 2. The van der Waals surface area contributed by atoms with Crippen LogP contribution in [0.2, 0.25) is 0 Å². The first kappa shape index (κ1) is 12.7. The minimum atomic E-state index is 0.366. The molecule has 1 nitrogen and oxygen atoms in total. The summed E-state index contributed by atoms with van der Waals surface area (Å²) in [6, 6.07) is 2.44. The van der Waals surface area contributed by atoms with E-state index in [1.807, 2.05) is 0 Å². The lowest BCUT2D eigenvalue weighted by Gasteiger charge is -2.36. The molecule has 0 heterocycles. The zero-order valence-corrected chi connectivity index (χ0v) is 11.1. The van der Waals surface area contributed by atoms with Gasteiger partial charge in [-0.3, -0.25) is 0 Å². The third kappa shape index (κ3) is 3.35. The lowest BCUT2D eigenvalue weighted by atomic mass is 9.69. The van der Waals surface area contributed by atoms with Gasteiger partial charge >= 0.3 is 0 Å². The van der Waals surface area contributed by atoms with Gasteiger partial charge in [0.25, 0.3) is 0 Å². The summed E-state index contributed by atoms with van der Waals surface area (Å²) < 4.78 is 0. The van der Waals surface area contributed by atoms with E-state index < -0.39 is 0 Å². The van der Waals surface area contributed by atoms with Crippen LogP contribution in [0.5, 0.6) is 0 Å². The maximum atomic E-state index is 8.92. The van der Waals surface area contributed by atoms with Gasteiger partial charge in [0.2, 0.25) is 0 Å². The van der Waals surface area contributed by atoms with Crippen LogP contribution in [0.1, 0.15) is 58.3 Å². The number of nitriles is 1. The van der Waals surface area contributed by atoms with E-state index in [9.17, 15) is 0 Å². The Labute approximate surface area is 106 Å². The van der Waals surface area contributed by atoms with Gasteiger partial charge in [0, 0.05) is 5.92 Å². The summed E-state index contributed by atoms with van der Waals surface area (Å²) in [5, 5.41) is 8.92. The monoisotopic (exact) mass is 231 g/mol. The molecule has 0 spiro atoms. The molecular formula is C16H25N. The second-order valence-electron chi connectivity index (χ2n) is 5.94. The fourth-order valence-electron chi connectivity index (χ4n) is 3.80. The van der Waals surface area contributed by atoms with Gasteiger partial charge in [-0.05, 0) is 76.0 Å². The molecule has 2 aliphatic carbocycles. The van der Waals surface area contributed by atoms with E-state index in [2.05, 4.69) is 25.1 Å². The molecule has 2 rings (SSSR count). The summed E-state index contributed by atoms with van der Waals surface area (Å²) >= 11 is 0.